The van der Waals surface area contributed by atoms with Crippen LogP contribution in [0.1, 0.15) is 43.9 Å². The third kappa shape index (κ3) is 10.2. The van der Waals surface area contributed by atoms with Crippen molar-refractivity contribution in [2.24, 2.45) is 0 Å². The van der Waals surface area contributed by atoms with Gasteiger partial charge in [0.2, 0.25) is 11.9 Å². The smallest absolute Gasteiger partial charge is 0.425 e. The van der Waals surface area contributed by atoms with Gasteiger partial charge >= 0.3 is 6.09 Å². The second-order valence-corrected chi connectivity index (χ2v) is 13.2. The van der Waals surface area contributed by atoms with Crippen molar-refractivity contribution in [2.75, 3.05) is 76.3 Å². The quantitative estimate of drug-likeness (QED) is 0.127. The molecule has 0 radical (unpaired) electrons. The zero-order chi connectivity index (χ0) is 38.6. The maximum absolute atomic E-state index is 15.2. The molecule has 0 atom stereocenters. The Bertz CT molecular complexity index is 1860. The number of piperazine rings is 1. The zero-order valence-corrected chi connectivity index (χ0v) is 32.2. The van der Waals surface area contributed by atoms with Gasteiger partial charge in [-0.25, -0.2) is 19.1 Å². The van der Waals surface area contributed by atoms with Crippen LogP contribution in [0.4, 0.5) is 32.3 Å². The fourth-order valence-corrected chi connectivity index (χ4v) is 6.48. The molecular weight excluding hydrogens is 689 g/mol. The number of hydrogen-bond donors (Lipinski definition) is 1. The lowest BCUT2D eigenvalue weighted by atomic mass is 10.1. The van der Waals surface area contributed by atoms with Crippen molar-refractivity contribution in [2.45, 2.75) is 47.5 Å². The number of nitrogens with zero attached hydrogens (tertiary/aromatic N) is 6. The lowest BCUT2D eigenvalue weighted by Gasteiger charge is -2.34. The van der Waals surface area contributed by atoms with E-state index in [4.69, 9.17) is 14.2 Å². The molecule has 1 saturated heterocycles. The molecule has 5 rings (SSSR count). The van der Waals surface area contributed by atoms with Crippen LogP contribution in [0.5, 0.6) is 17.2 Å². The van der Waals surface area contributed by atoms with Gasteiger partial charge in [0.1, 0.15) is 23.9 Å². The van der Waals surface area contributed by atoms with E-state index in [-0.39, 0.29) is 29.8 Å². The highest BCUT2D eigenvalue weighted by Gasteiger charge is 2.27. The summed E-state index contributed by atoms with van der Waals surface area (Å²) in [6.45, 7) is 17.3. The normalized spacial score (nSPS) is 13.3. The lowest BCUT2D eigenvalue weighted by molar-refractivity contribution is -0.130. The molecule has 1 aromatic heterocycles. The predicted molar refractivity (Wildman–Crippen MR) is 209 cm³/mol. The molecule has 288 valence electrons. The molecule has 13 heteroatoms. The largest absolute Gasteiger partial charge is 0.495 e. The van der Waals surface area contributed by atoms with Crippen LogP contribution >= 0.6 is 0 Å². The summed E-state index contributed by atoms with van der Waals surface area (Å²) in [5, 5.41) is 3.05. The van der Waals surface area contributed by atoms with E-state index in [1.165, 1.54) is 24.3 Å². The number of halogens is 1. The average Bonchev–Trinajstić information content (AvgIpc) is 3.16. The fraction of sp³-hybridized carbons (Fsp3) is 0.415. The molecule has 4 aromatic rings. The number of anilines is 4. The maximum Gasteiger partial charge on any atom is 0.425 e. The second-order valence-electron chi connectivity index (χ2n) is 13.2. The molecule has 0 aliphatic carbocycles. The Hall–Kier alpha value is -5.27. The first kappa shape index (κ1) is 39.9. The minimum Gasteiger partial charge on any atom is -0.495 e. The van der Waals surface area contributed by atoms with Crippen LogP contribution in [0, 0.1) is 19.7 Å². The second kappa shape index (κ2) is 19.2. The molecule has 12 nitrogen and oxygen atoms in total. The van der Waals surface area contributed by atoms with Gasteiger partial charge in [-0.2, -0.15) is 4.98 Å². The predicted octanol–water partition coefficient (Wildman–Crippen LogP) is 7.14. The number of carbonyl (C=O) groups excluding carboxylic acids is 2. The van der Waals surface area contributed by atoms with E-state index in [9.17, 15) is 9.59 Å². The Morgan fingerprint density at radius 2 is 1.59 bits per heavy atom. The summed E-state index contributed by atoms with van der Waals surface area (Å²) >= 11 is 0. The molecule has 2 heterocycles. The Morgan fingerprint density at radius 3 is 2.24 bits per heavy atom. The summed E-state index contributed by atoms with van der Waals surface area (Å²) in [6.07, 6.45) is 2.07. The van der Waals surface area contributed by atoms with Crippen molar-refractivity contribution < 1.29 is 28.2 Å². The first-order valence-electron chi connectivity index (χ1n) is 18.6. The molecule has 0 unspecified atom stereocenters. The van der Waals surface area contributed by atoms with Gasteiger partial charge in [-0.05, 0) is 81.6 Å². The van der Waals surface area contributed by atoms with Crippen molar-refractivity contribution in [3.63, 3.8) is 0 Å². The number of nitrogens with one attached hydrogen (secondary N) is 1. The highest BCUT2D eigenvalue weighted by Crippen LogP contribution is 2.36. The molecule has 3 aromatic carbocycles. The summed E-state index contributed by atoms with van der Waals surface area (Å²) < 4.78 is 32.8. The third-order valence-electron chi connectivity index (χ3n) is 9.47. The molecule has 2 amide bonds. The summed E-state index contributed by atoms with van der Waals surface area (Å²) in [4.78, 5) is 43.8. The number of rotatable bonds is 16. The Balaban J connectivity index is 1.36. The number of aryl methyl sites for hydroxylation is 2. The van der Waals surface area contributed by atoms with Gasteiger partial charge in [0.25, 0.3) is 0 Å². The monoisotopic (exact) mass is 741 g/mol. The average molecular weight is 742 g/mol. The van der Waals surface area contributed by atoms with E-state index < -0.39 is 11.9 Å². The summed E-state index contributed by atoms with van der Waals surface area (Å²) in [5.41, 5.74) is 3.03. The van der Waals surface area contributed by atoms with E-state index >= 15 is 4.39 Å². The van der Waals surface area contributed by atoms with E-state index in [1.807, 2.05) is 45.9 Å². The Labute approximate surface area is 317 Å². The number of para-hydroxylation sites is 1. The van der Waals surface area contributed by atoms with Crippen molar-refractivity contribution in [3.05, 3.63) is 89.4 Å². The van der Waals surface area contributed by atoms with Crippen LogP contribution in [0.3, 0.4) is 0 Å². The number of aromatic nitrogens is 2. The Morgan fingerprint density at radius 1 is 0.889 bits per heavy atom. The van der Waals surface area contributed by atoms with Gasteiger partial charge in [-0.3, -0.25) is 9.69 Å². The van der Waals surface area contributed by atoms with Crippen molar-refractivity contribution in [3.8, 4) is 17.2 Å². The molecule has 1 aliphatic heterocycles. The lowest BCUT2D eigenvalue weighted by Crippen LogP contribution is -2.47. The van der Waals surface area contributed by atoms with Crippen LogP contribution in [-0.4, -0.2) is 103 Å². The van der Waals surface area contributed by atoms with Gasteiger partial charge in [0.05, 0.1) is 19.2 Å². The molecule has 0 spiro atoms. The van der Waals surface area contributed by atoms with Crippen molar-refractivity contribution in [1.29, 1.82) is 0 Å². The number of ether oxygens (including phenoxy) is 3. The fourth-order valence-electron chi connectivity index (χ4n) is 6.48. The molecule has 0 bridgehead atoms. The van der Waals surface area contributed by atoms with E-state index in [0.717, 1.165) is 62.4 Å². The number of benzene rings is 3. The summed E-state index contributed by atoms with van der Waals surface area (Å²) in [6, 6.07) is 17.0. The number of hydrogen-bond acceptors (Lipinski definition) is 10. The van der Waals surface area contributed by atoms with Crippen LogP contribution in [0.15, 0.2) is 66.9 Å². The molecule has 1 fully saturated rings. The first-order chi connectivity index (χ1) is 26.1. The topological polar surface area (TPSA) is 113 Å². The number of likely N-dealkylation sites (N-methyl/N-ethyl adjacent to an activating group) is 1. The molecular formula is C41H52FN7O5. The first-order valence-corrected chi connectivity index (χ1v) is 18.6. The molecule has 1 N–H and O–H groups in total. The van der Waals surface area contributed by atoms with Gasteiger partial charge in [0, 0.05) is 69.8 Å². The number of methoxy groups -OCH3 is 1. The standard InChI is InChI=1S/C41H52FN7O5/c1-7-19-46-20-22-47(23-21-46)24-25-53-35-16-14-32(28-33(35)42)44-40-43-18-17-37(45-40)49(41(51)54-39-29(4)11-10-12-30(39)5)34-15-13-31(26-36(34)52-6)27-38(50)48(8-2)9-3/h10-18,26,28H,7-9,19-25,27H2,1-6H3,(H,43,44,45). The molecule has 54 heavy (non-hydrogen) atoms. The maximum atomic E-state index is 15.2. The highest BCUT2D eigenvalue weighted by atomic mass is 19.1. The Kier molecular flexibility index (Phi) is 14.2. The van der Waals surface area contributed by atoms with E-state index in [0.29, 0.717) is 42.6 Å². The highest BCUT2D eigenvalue weighted by molar-refractivity contribution is 5.98. The molecule has 0 saturated carbocycles. The summed E-state index contributed by atoms with van der Waals surface area (Å²) in [5.74, 6) is 0.676. The number of amides is 2. The van der Waals surface area contributed by atoms with Crippen LogP contribution in [-0.2, 0) is 11.2 Å². The van der Waals surface area contributed by atoms with E-state index in [1.54, 1.807) is 41.3 Å². The minimum atomic E-state index is -0.738. The van der Waals surface area contributed by atoms with Crippen molar-refractivity contribution in [1.82, 2.24) is 24.7 Å². The van der Waals surface area contributed by atoms with Crippen molar-refractivity contribution >= 4 is 35.1 Å². The van der Waals surface area contributed by atoms with E-state index in [2.05, 4.69) is 32.0 Å². The third-order valence-corrected chi connectivity index (χ3v) is 9.47. The summed E-state index contributed by atoms with van der Waals surface area (Å²) in [7, 11) is 1.49. The minimum absolute atomic E-state index is 0.0138. The van der Waals surface area contributed by atoms with Gasteiger partial charge in [-0.1, -0.05) is 31.2 Å². The van der Waals surface area contributed by atoms with Crippen LogP contribution in [0.2, 0.25) is 0 Å². The molecule has 1 aliphatic rings. The van der Waals surface area contributed by atoms with Gasteiger partial charge < -0.3 is 29.3 Å². The van der Waals surface area contributed by atoms with Crippen LogP contribution in [0.25, 0.3) is 0 Å². The SMILES string of the molecule is CCCN1CCN(CCOc2ccc(Nc3nccc(N(C(=O)Oc4c(C)cccc4C)c4ccc(CC(=O)N(CC)CC)cc4OC)n3)cc2F)CC1. The number of carbonyl (C=O) groups is 2. The van der Waals surface area contributed by atoms with Crippen LogP contribution < -0.4 is 24.4 Å². The zero-order valence-electron chi connectivity index (χ0n) is 32.2. The van der Waals surface area contributed by atoms with Gasteiger partial charge in [0.15, 0.2) is 11.6 Å². The van der Waals surface area contributed by atoms with Gasteiger partial charge in [-0.15, -0.1) is 0 Å².